The molecule has 27 heavy (non-hydrogen) atoms. The molecule has 0 spiro atoms. The third-order valence-corrected chi connectivity index (χ3v) is 5.05. The number of benzene rings is 2. The van der Waals surface area contributed by atoms with Gasteiger partial charge in [0.15, 0.2) is 0 Å². The van der Waals surface area contributed by atoms with E-state index in [-0.39, 0.29) is 15.9 Å². The molecule has 0 N–H and O–H groups in total. The lowest BCUT2D eigenvalue weighted by atomic mass is 9.77. The average Bonchev–Trinajstić information content (AvgIpc) is 2.59. The lowest BCUT2D eigenvalue weighted by Gasteiger charge is -2.28. The zero-order chi connectivity index (χ0) is 20.2. The molecule has 2 aromatic rings. The van der Waals surface area contributed by atoms with E-state index in [0.29, 0.717) is 13.2 Å². The third-order valence-electron chi connectivity index (χ3n) is 4.75. The van der Waals surface area contributed by atoms with Gasteiger partial charge in [-0.15, -0.1) is 0 Å². The van der Waals surface area contributed by atoms with Crippen LogP contribution in [0.5, 0.6) is 11.5 Å². The highest BCUT2D eigenvalue weighted by molar-refractivity contribution is 7.81. The Labute approximate surface area is 175 Å². The Bertz CT molecular complexity index is 703. The Kier molecular flexibility index (Phi) is 7.58. The van der Waals surface area contributed by atoms with Crippen molar-refractivity contribution in [2.24, 2.45) is 0 Å². The van der Waals surface area contributed by atoms with Crippen molar-refractivity contribution in [1.82, 2.24) is 0 Å². The molecule has 0 aromatic heterocycles. The minimum atomic E-state index is -0.111. The first-order valence-corrected chi connectivity index (χ1v) is 10.5. The summed E-state index contributed by atoms with van der Waals surface area (Å²) in [4.78, 5) is 0. The van der Waals surface area contributed by atoms with Gasteiger partial charge in [0, 0.05) is 15.9 Å². The molecule has 2 rings (SSSR count). The molecule has 2 aromatic carbocycles. The lowest BCUT2D eigenvalue weighted by molar-refractivity contribution is 0.320. The maximum atomic E-state index is 5.85. The minimum absolute atomic E-state index is 0.111. The number of thiol groups is 2. The molecule has 0 fully saturated rings. The number of hydrogen-bond acceptors (Lipinski definition) is 4. The Morgan fingerprint density at radius 1 is 0.778 bits per heavy atom. The van der Waals surface area contributed by atoms with Gasteiger partial charge in [0.2, 0.25) is 0 Å². The second-order valence-corrected chi connectivity index (χ2v) is 9.67. The zero-order valence-electron chi connectivity index (χ0n) is 17.2. The average molecular weight is 405 g/mol. The number of ether oxygens (including phenoxy) is 2. The molecule has 0 saturated carbocycles. The molecule has 148 valence electrons. The van der Waals surface area contributed by atoms with Gasteiger partial charge >= 0.3 is 0 Å². The number of rotatable bonds is 8. The van der Waals surface area contributed by atoms with Crippen molar-refractivity contribution in [2.75, 3.05) is 13.2 Å². The molecule has 0 aliphatic heterocycles. The van der Waals surface area contributed by atoms with Crippen LogP contribution in [0.3, 0.4) is 0 Å². The highest BCUT2D eigenvalue weighted by Crippen LogP contribution is 2.36. The predicted molar refractivity (Wildman–Crippen MR) is 122 cm³/mol. The summed E-state index contributed by atoms with van der Waals surface area (Å²) in [5.41, 5.74) is 4.72. The molecular formula is C23H32O2S2. The van der Waals surface area contributed by atoms with Crippen LogP contribution in [-0.2, 0) is 5.41 Å². The van der Waals surface area contributed by atoms with E-state index in [2.05, 4.69) is 89.4 Å². The summed E-state index contributed by atoms with van der Waals surface area (Å²) in [6.07, 6.45) is 0. The van der Waals surface area contributed by atoms with E-state index in [1.807, 2.05) is 13.8 Å². The molecule has 0 heterocycles. The standard InChI is InChI=1S/C23H32O2S2/c1-15-11-19(7-9-21(15)24-13-17(3)26)23(5,6)20-8-10-22(16(2)12-20)25-14-18(4)27/h7-12,17-18,26-27H,13-14H2,1-6H3. The summed E-state index contributed by atoms with van der Waals surface area (Å²) < 4.78 is 11.7. The van der Waals surface area contributed by atoms with Crippen LogP contribution in [0.25, 0.3) is 0 Å². The zero-order valence-corrected chi connectivity index (χ0v) is 19.0. The first-order valence-electron chi connectivity index (χ1n) is 9.45. The van der Waals surface area contributed by atoms with Crippen LogP contribution >= 0.6 is 25.3 Å². The van der Waals surface area contributed by atoms with E-state index in [0.717, 1.165) is 22.6 Å². The van der Waals surface area contributed by atoms with Crippen molar-refractivity contribution >= 4 is 25.3 Å². The van der Waals surface area contributed by atoms with Gasteiger partial charge in [-0.1, -0.05) is 52.0 Å². The van der Waals surface area contributed by atoms with Crippen LogP contribution in [0, 0.1) is 13.8 Å². The van der Waals surface area contributed by atoms with Gasteiger partial charge in [0.1, 0.15) is 11.5 Å². The second-order valence-electron chi connectivity index (χ2n) is 7.91. The quantitative estimate of drug-likeness (QED) is 0.524. The first kappa shape index (κ1) is 22.0. The maximum Gasteiger partial charge on any atom is 0.122 e. The number of hydrogen-bond donors (Lipinski definition) is 2. The molecule has 0 aliphatic carbocycles. The fourth-order valence-corrected chi connectivity index (χ4v) is 3.14. The molecular weight excluding hydrogens is 372 g/mol. The highest BCUT2D eigenvalue weighted by Gasteiger charge is 2.24. The van der Waals surface area contributed by atoms with E-state index in [1.54, 1.807) is 0 Å². The fourth-order valence-electron chi connectivity index (χ4n) is 2.99. The van der Waals surface area contributed by atoms with Crippen molar-refractivity contribution in [1.29, 1.82) is 0 Å². The Morgan fingerprint density at radius 2 is 1.15 bits per heavy atom. The largest absolute Gasteiger partial charge is 0.492 e. The van der Waals surface area contributed by atoms with Crippen LogP contribution in [0.15, 0.2) is 36.4 Å². The summed E-state index contributed by atoms with van der Waals surface area (Å²) in [6, 6.07) is 12.9. The lowest BCUT2D eigenvalue weighted by Crippen LogP contribution is -2.19. The maximum absolute atomic E-state index is 5.85. The highest BCUT2D eigenvalue weighted by atomic mass is 32.1. The van der Waals surface area contributed by atoms with Gasteiger partial charge in [-0.25, -0.2) is 0 Å². The summed E-state index contributed by atoms with van der Waals surface area (Å²) in [5.74, 6) is 1.85. The van der Waals surface area contributed by atoms with Gasteiger partial charge in [0.25, 0.3) is 0 Å². The van der Waals surface area contributed by atoms with E-state index < -0.39 is 0 Å². The van der Waals surface area contributed by atoms with Crippen LogP contribution in [0.4, 0.5) is 0 Å². The van der Waals surface area contributed by atoms with Crippen LogP contribution in [0.1, 0.15) is 49.9 Å². The SMILES string of the molecule is Cc1cc(C(C)(C)c2ccc(OCC(C)S)c(C)c2)ccc1OCC(C)S. The molecule has 0 amide bonds. The molecule has 2 unspecified atom stereocenters. The van der Waals surface area contributed by atoms with E-state index in [4.69, 9.17) is 9.47 Å². The van der Waals surface area contributed by atoms with Crippen LogP contribution in [0.2, 0.25) is 0 Å². The van der Waals surface area contributed by atoms with Crippen LogP contribution < -0.4 is 9.47 Å². The molecule has 0 saturated heterocycles. The minimum Gasteiger partial charge on any atom is -0.492 e. The van der Waals surface area contributed by atoms with Crippen molar-refractivity contribution < 1.29 is 9.47 Å². The van der Waals surface area contributed by atoms with Gasteiger partial charge in [-0.05, 0) is 48.2 Å². The van der Waals surface area contributed by atoms with E-state index in [1.165, 1.54) is 11.1 Å². The van der Waals surface area contributed by atoms with Crippen molar-refractivity contribution in [3.8, 4) is 11.5 Å². The molecule has 0 aliphatic rings. The Hall–Kier alpha value is -1.26. The molecule has 2 atom stereocenters. The van der Waals surface area contributed by atoms with Crippen molar-refractivity contribution in [3.63, 3.8) is 0 Å². The fraction of sp³-hybridized carbons (Fsp3) is 0.478. The smallest absolute Gasteiger partial charge is 0.122 e. The normalized spacial score (nSPS) is 13.9. The summed E-state index contributed by atoms with van der Waals surface area (Å²) >= 11 is 8.76. The molecule has 0 radical (unpaired) electrons. The molecule has 2 nitrogen and oxygen atoms in total. The van der Waals surface area contributed by atoms with Crippen molar-refractivity contribution in [2.45, 2.75) is 57.5 Å². The summed E-state index contributed by atoms with van der Waals surface area (Å²) in [6.45, 7) is 14.0. The van der Waals surface area contributed by atoms with Gasteiger partial charge in [-0.2, -0.15) is 25.3 Å². The first-order chi connectivity index (χ1) is 12.6. The number of aryl methyl sites for hydroxylation is 2. The van der Waals surface area contributed by atoms with E-state index in [9.17, 15) is 0 Å². The van der Waals surface area contributed by atoms with Gasteiger partial charge in [0.05, 0.1) is 13.2 Å². The third kappa shape index (κ3) is 5.86. The topological polar surface area (TPSA) is 18.5 Å². The molecule has 4 heteroatoms. The van der Waals surface area contributed by atoms with Gasteiger partial charge < -0.3 is 9.47 Å². The second kappa shape index (κ2) is 9.29. The monoisotopic (exact) mass is 404 g/mol. The van der Waals surface area contributed by atoms with Gasteiger partial charge in [-0.3, -0.25) is 0 Å². The van der Waals surface area contributed by atoms with Crippen LogP contribution in [-0.4, -0.2) is 23.7 Å². The Morgan fingerprint density at radius 3 is 1.44 bits per heavy atom. The predicted octanol–water partition coefficient (Wildman–Crippen LogP) is 6.02. The summed E-state index contributed by atoms with van der Waals surface area (Å²) in [7, 11) is 0. The van der Waals surface area contributed by atoms with E-state index >= 15 is 0 Å². The van der Waals surface area contributed by atoms with Crippen molar-refractivity contribution in [3.05, 3.63) is 58.7 Å². The Balaban J connectivity index is 2.24. The summed E-state index contributed by atoms with van der Waals surface area (Å²) in [5, 5.41) is 0.435. The molecule has 0 bridgehead atoms.